The third kappa shape index (κ3) is 3.80. The molecule has 1 fully saturated rings. The third-order valence-electron chi connectivity index (χ3n) is 2.94. The van der Waals surface area contributed by atoms with Crippen molar-refractivity contribution < 1.29 is 35.5 Å². The van der Waals surface area contributed by atoms with Crippen molar-refractivity contribution in [3.8, 4) is 5.75 Å². The second-order valence-electron chi connectivity index (χ2n) is 4.47. The van der Waals surface area contributed by atoms with Gasteiger partial charge in [0.1, 0.15) is 5.25 Å². The zero-order chi connectivity index (χ0) is 16.7. The minimum Gasteiger partial charge on any atom is -0.403 e. The van der Waals surface area contributed by atoms with Crippen LogP contribution in [-0.4, -0.2) is 32.5 Å². The Bertz CT molecular complexity index is 707. The highest BCUT2D eigenvalue weighted by atomic mass is 35.7. The molecule has 2 rings (SSSR count). The molecule has 122 valence electrons. The summed E-state index contributed by atoms with van der Waals surface area (Å²) in [6.07, 6.45) is -5.43. The van der Waals surface area contributed by atoms with Crippen LogP contribution in [0.4, 0.5) is 23.2 Å². The zero-order valence-electron chi connectivity index (χ0n) is 10.6. The Morgan fingerprint density at radius 3 is 2.41 bits per heavy atom. The minimum atomic E-state index is -5.05. The van der Waals surface area contributed by atoms with E-state index in [1.54, 1.807) is 0 Å². The summed E-state index contributed by atoms with van der Waals surface area (Å²) >= 11 is 0. The summed E-state index contributed by atoms with van der Waals surface area (Å²) in [4.78, 5) is 12.7. The monoisotopic (exact) mass is 361 g/mol. The van der Waals surface area contributed by atoms with Gasteiger partial charge in [-0.15, -0.1) is 13.2 Å². The fraction of sp³-hybridized carbons (Fsp3) is 0.364. The Kier molecular flexibility index (Phi) is 4.26. The number of ether oxygens (including phenoxy) is 1. The van der Waals surface area contributed by atoms with E-state index in [1.807, 2.05) is 0 Å². The molecule has 1 aliphatic rings. The molecule has 0 N–H and O–H groups in total. The third-order valence-corrected chi connectivity index (χ3v) is 4.81. The van der Waals surface area contributed by atoms with Gasteiger partial charge in [-0.2, -0.15) is 0 Å². The molecule has 22 heavy (non-hydrogen) atoms. The van der Waals surface area contributed by atoms with E-state index in [9.17, 15) is 30.8 Å². The van der Waals surface area contributed by atoms with Gasteiger partial charge >= 0.3 is 6.36 Å². The standard InChI is InChI=1S/C11H8ClF4NO4S/c12-22(19,20)7-4-10(18)17(5-7)6-1-2-9(8(13)3-6)21-11(14,15)16/h1-3,7H,4-5H2. The zero-order valence-corrected chi connectivity index (χ0v) is 12.2. The van der Waals surface area contributed by atoms with Crippen LogP contribution in [0.15, 0.2) is 18.2 Å². The van der Waals surface area contributed by atoms with E-state index < -0.39 is 38.1 Å². The van der Waals surface area contributed by atoms with Crippen molar-refractivity contribution >= 4 is 31.3 Å². The molecule has 0 bridgehead atoms. The summed E-state index contributed by atoms with van der Waals surface area (Å²) in [5.41, 5.74) is -0.0835. The molecule has 0 radical (unpaired) electrons. The lowest BCUT2D eigenvalue weighted by Crippen LogP contribution is -2.27. The summed E-state index contributed by atoms with van der Waals surface area (Å²) in [5, 5.41) is -1.16. The van der Waals surface area contributed by atoms with Crippen molar-refractivity contribution in [2.24, 2.45) is 0 Å². The predicted molar refractivity (Wildman–Crippen MR) is 68.6 cm³/mol. The number of halogens is 5. The van der Waals surface area contributed by atoms with Crippen LogP contribution < -0.4 is 9.64 Å². The Morgan fingerprint density at radius 2 is 1.95 bits per heavy atom. The van der Waals surface area contributed by atoms with Gasteiger partial charge in [0, 0.05) is 35.4 Å². The van der Waals surface area contributed by atoms with Gasteiger partial charge in [0.15, 0.2) is 11.6 Å². The summed E-state index contributed by atoms with van der Waals surface area (Å²) in [6, 6.07) is 2.38. The van der Waals surface area contributed by atoms with Gasteiger partial charge in [-0.3, -0.25) is 4.79 Å². The lowest BCUT2D eigenvalue weighted by atomic mass is 10.2. The van der Waals surface area contributed by atoms with Gasteiger partial charge in [-0.25, -0.2) is 12.8 Å². The van der Waals surface area contributed by atoms with Gasteiger partial charge in [-0.1, -0.05) is 0 Å². The highest BCUT2D eigenvalue weighted by molar-refractivity contribution is 8.14. The average molecular weight is 362 g/mol. The second-order valence-corrected chi connectivity index (χ2v) is 7.38. The maximum absolute atomic E-state index is 13.6. The highest BCUT2D eigenvalue weighted by Crippen LogP contribution is 2.31. The molecule has 5 nitrogen and oxygen atoms in total. The van der Waals surface area contributed by atoms with Gasteiger partial charge in [-0.05, 0) is 12.1 Å². The molecule has 1 amide bonds. The van der Waals surface area contributed by atoms with Crippen LogP contribution in [0, 0.1) is 5.82 Å². The first-order valence-corrected chi connectivity index (χ1v) is 8.14. The van der Waals surface area contributed by atoms with E-state index in [2.05, 4.69) is 4.74 Å². The topological polar surface area (TPSA) is 63.7 Å². The molecule has 1 unspecified atom stereocenters. The summed E-state index contributed by atoms with van der Waals surface area (Å²) in [5.74, 6) is -3.01. The van der Waals surface area contributed by atoms with Crippen molar-refractivity contribution in [2.75, 3.05) is 11.4 Å². The minimum absolute atomic E-state index is 0.0835. The van der Waals surface area contributed by atoms with Crippen LogP contribution in [0.1, 0.15) is 6.42 Å². The van der Waals surface area contributed by atoms with Crippen LogP contribution in [-0.2, 0) is 13.8 Å². The number of anilines is 1. The second kappa shape index (κ2) is 5.58. The fourth-order valence-corrected chi connectivity index (χ4v) is 3.00. The molecule has 1 atom stereocenters. The molecule has 1 aromatic rings. The lowest BCUT2D eigenvalue weighted by Gasteiger charge is -2.17. The van der Waals surface area contributed by atoms with E-state index in [0.29, 0.717) is 12.1 Å². The van der Waals surface area contributed by atoms with Crippen molar-refractivity contribution in [3.63, 3.8) is 0 Å². The Morgan fingerprint density at radius 1 is 1.32 bits per heavy atom. The molecule has 1 saturated heterocycles. The molecule has 0 aromatic heterocycles. The summed E-state index contributed by atoms with van der Waals surface area (Å²) < 4.78 is 75.5. The molecular weight excluding hydrogens is 354 g/mol. The number of alkyl halides is 3. The lowest BCUT2D eigenvalue weighted by molar-refractivity contribution is -0.275. The van der Waals surface area contributed by atoms with Crippen LogP contribution >= 0.6 is 10.7 Å². The number of hydrogen-bond acceptors (Lipinski definition) is 4. The van der Waals surface area contributed by atoms with E-state index >= 15 is 0 Å². The normalized spacial score (nSPS) is 19.6. The van der Waals surface area contributed by atoms with E-state index in [1.165, 1.54) is 0 Å². The van der Waals surface area contributed by atoms with Crippen molar-refractivity contribution in [1.29, 1.82) is 0 Å². The molecule has 1 aromatic carbocycles. The Hall–Kier alpha value is -1.55. The number of carbonyl (C=O) groups excluding carboxylic acids is 1. The number of carbonyl (C=O) groups is 1. The quantitative estimate of drug-likeness (QED) is 0.612. The van der Waals surface area contributed by atoms with Crippen LogP contribution in [0.25, 0.3) is 0 Å². The number of rotatable bonds is 3. The number of nitrogens with zero attached hydrogens (tertiary/aromatic N) is 1. The Labute approximate surface area is 126 Å². The van der Waals surface area contributed by atoms with Gasteiger partial charge < -0.3 is 9.64 Å². The Balaban J connectivity index is 2.24. The first-order chi connectivity index (χ1) is 9.97. The fourth-order valence-electron chi connectivity index (χ4n) is 1.98. The van der Waals surface area contributed by atoms with E-state index in [0.717, 1.165) is 11.0 Å². The number of benzene rings is 1. The molecule has 0 saturated carbocycles. The number of amides is 1. The SMILES string of the molecule is O=C1CC(S(=O)(=O)Cl)CN1c1ccc(OC(F)(F)F)c(F)c1. The average Bonchev–Trinajstić information content (AvgIpc) is 2.72. The van der Waals surface area contributed by atoms with Crippen molar-refractivity contribution in [1.82, 2.24) is 0 Å². The van der Waals surface area contributed by atoms with E-state index in [-0.39, 0.29) is 18.7 Å². The molecular formula is C11H8ClF4NO4S. The van der Waals surface area contributed by atoms with E-state index in [4.69, 9.17) is 10.7 Å². The summed E-state index contributed by atoms with van der Waals surface area (Å²) in [7, 11) is 1.18. The van der Waals surface area contributed by atoms with Crippen molar-refractivity contribution in [2.45, 2.75) is 18.0 Å². The molecule has 1 heterocycles. The van der Waals surface area contributed by atoms with Gasteiger partial charge in [0.2, 0.25) is 15.0 Å². The van der Waals surface area contributed by atoms with Crippen LogP contribution in [0.3, 0.4) is 0 Å². The first-order valence-electron chi connectivity index (χ1n) is 5.76. The maximum atomic E-state index is 13.6. The molecule has 1 aliphatic heterocycles. The predicted octanol–water partition coefficient (Wildman–Crippen LogP) is 2.40. The smallest absolute Gasteiger partial charge is 0.403 e. The molecule has 0 aliphatic carbocycles. The molecule has 11 heteroatoms. The van der Waals surface area contributed by atoms with Gasteiger partial charge in [0.05, 0.1) is 0 Å². The molecule has 0 spiro atoms. The van der Waals surface area contributed by atoms with Gasteiger partial charge in [0.25, 0.3) is 0 Å². The van der Waals surface area contributed by atoms with Crippen LogP contribution in [0.5, 0.6) is 5.75 Å². The first kappa shape index (κ1) is 16.8. The van der Waals surface area contributed by atoms with Crippen LogP contribution in [0.2, 0.25) is 0 Å². The number of hydrogen-bond donors (Lipinski definition) is 0. The maximum Gasteiger partial charge on any atom is 0.573 e. The van der Waals surface area contributed by atoms with Crippen molar-refractivity contribution in [3.05, 3.63) is 24.0 Å². The summed E-state index contributed by atoms with van der Waals surface area (Å²) in [6.45, 7) is -0.302. The largest absolute Gasteiger partial charge is 0.573 e. The highest BCUT2D eigenvalue weighted by Gasteiger charge is 2.38.